The lowest BCUT2D eigenvalue weighted by Crippen LogP contribution is -1.96. The molecule has 0 unspecified atom stereocenters. The highest BCUT2D eigenvalue weighted by Gasteiger charge is 2.12. The van der Waals surface area contributed by atoms with Crippen LogP contribution in [-0.4, -0.2) is 0 Å². The van der Waals surface area contributed by atoms with Gasteiger partial charge in [-0.05, 0) is 49.6 Å². The van der Waals surface area contributed by atoms with Crippen LogP contribution in [-0.2, 0) is 5.33 Å². The van der Waals surface area contributed by atoms with E-state index < -0.39 is 0 Å². The van der Waals surface area contributed by atoms with Crippen molar-refractivity contribution < 1.29 is 4.74 Å². The number of hydrogen-bond donors (Lipinski definition) is 0. The molecule has 100 valence electrons. The Morgan fingerprint density at radius 3 is 2.42 bits per heavy atom. The maximum absolute atomic E-state index is 6.20. The van der Waals surface area contributed by atoms with Crippen LogP contribution in [0.3, 0.4) is 0 Å². The molecule has 0 saturated heterocycles. The minimum atomic E-state index is 0.673. The van der Waals surface area contributed by atoms with Crippen LogP contribution in [0.15, 0.2) is 30.3 Å². The highest BCUT2D eigenvalue weighted by Crippen LogP contribution is 2.35. The fourth-order valence-corrected chi connectivity index (χ4v) is 2.93. The minimum absolute atomic E-state index is 0.673. The van der Waals surface area contributed by atoms with Crippen LogP contribution in [0.25, 0.3) is 0 Å². The lowest BCUT2D eigenvalue weighted by Gasteiger charge is -2.16. The SMILES string of the molecule is Cc1ccc(C)c(Oc2cccc(Cl)c2CBr)c1C. The highest BCUT2D eigenvalue weighted by molar-refractivity contribution is 9.08. The Labute approximate surface area is 127 Å². The topological polar surface area (TPSA) is 9.23 Å². The van der Waals surface area contributed by atoms with Gasteiger partial charge in [-0.15, -0.1) is 0 Å². The second-order valence-corrected chi connectivity index (χ2v) is 5.57. The highest BCUT2D eigenvalue weighted by atomic mass is 79.9. The minimum Gasteiger partial charge on any atom is -0.456 e. The van der Waals surface area contributed by atoms with Gasteiger partial charge in [0.25, 0.3) is 0 Å². The molecule has 0 bridgehead atoms. The van der Waals surface area contributed by atoms with Gasteiger partial charge in [-0.25, -0.2) is 0 Å². The van der Waals surface area contributed by atoms with E-state index in [-0.39, 0.29) is 0 Å². The average molecular weight is 340 g/mol. The van der Waals surface area contributed by atoms with E-state index in [0.29, 0.717) is 5.33 Å². The van der Waals surface area contributed by atoms with Gasteiger partial charge in [0.2, 0.25) is 0 Å². The third kappa shape index (κ3) is 2.96. The Kier molecular flexibility index (Phi) is 4.54. The summed E-state index contributed by atoms with van der Waals surface area (Å²) in [4.78, 5) is 0. The van der Waals surface area contributed by atoms with Gasteiger partial charge in [0, 0.05) is 15.9 Å². The molecule has 2 rings (SSSR count). The Morgan fingerprint density at radius 1 is 1.05 bits per heavy atom. The van der Waals surface area contributed by atoms with Crippen LogP contribution < -0.4 is 4.74 Å². The molecule has 0 fully saturated rings. The first-order chi connectivity index (χ1) is 9.04. The molecule has 0 amide bonds. The summed E-state index contributed by atoms with van der Waals surface area (Å²) in [5, 5.41) is 1.39. The van der Waals surface area contributed by atoms with Crippen molar-refractivity contribution in [3.63, 3.8) is 0 Å². The number of rotatable bonds is 3. The van der Waals surface area contributed by atoms with Gasteiger partial charge >= 0.3 is 0 Å². The van der Waals surface area contributed by atoms with Crippen LogP contribution in [0.5, 0.6) is 11.5 Å². The number of aryl methyl sites for hydroxylation is 2. The maximum Gasteiger partial charge on any atom is 0.133 e. The molecule has 3 heteroatoms. The number of benzene rings is 2. The summed E-state index contributed by atoms with van der Waals surface area (Å²) < 4.78 is 6.11. The molecule has 0 aliphatic carbocycles. The van der Waals surface area contributed by atoms with E-state index in [4.69, 9.17) is 16.3 Å². The zero-order valence-electron chi connectivity index (χ0n) is 11.3. The molecule has 2 aromatic carbocycles. The van der Waals surface area contributed by atoms with Crippen LogP contribution in [0.2, 0.25) is 5.02 Å². The molecule has 0 N–H and O–H groups in total. The van der Waals surface area contributed by atoms with E-state index in [0.717, 1.165) is 27.6 Å². The van der Waals surface area contributed by atoms with Crippen molar-refractivity contribution in [3.05, 3.63) is 57.6 Å². The molecule has 0 heterocycles. The van der Waals surface area contributed by atoms with Crippen LogP contribution in [0.1, 0.15) is 22.3 Å². The molecular weight excluding hydrogens is 324 g/mol. The van der Waals surface area contributed by atoms with Gasteiger partial charge < -0.3 is 4.74 Å². The van der Waals surface area contributed by atoms with E-state index in [2.05, 4.69) is 48.8 Å². The van der Waals surface area contributed by atoms with Gasteiger partial charge in [0.05, 0.1) is 0 Å². The Hall–Kier alpha value is -0.990. The molecule has 0 atom stereocenters. The zero-order chi connectivity index (χ0) is 14.0. The summed E-state index contributed by atoms with van der Waals surface area (Å²) in [5.74, 6) is 1.73. The fourth-order valence-electron chi connectivity index (χ4n) is 1.96. The van der Waals surface area contributed by atoms with Crippen molar-refractivity contribution >= 4 is 27.5 Å². The van der Waals surface area contributed by atoms with Crippen LogP contribution in [0, 0.1) is 20.8 Å². The summed E-state index contributed by atoms with van der Waals surface area (Å²) >= 11 is 9.66. The number of ether oxygens (including phenoxy) is 1. The molecule has 19 heavy (non-hydrogen) atoms. The first-order valence-electron chi connectivity index (χ1n) is 6.12. The van der Waals surface area contributed by atoms with E-state index in [1.54, 1.807) is 0 Å². The van der Waals surface area contributed by atoms with Crippen molar-refractivity contribution in [2.24, 2.45) is 0 Å². The Bertz CT molecular complexity index is 608. The molecular formula is C16H16BrClO. The van der Waals surface area contributed by atoms with Gasteiger partial charge in [0.1, 0.15) is 11.5 Å². The first kappa shape index (κ1) is 14.4. The third-order valence-corrected chi connectivity index (χ3v) is 4.21. The molecule has 0 spiro atoms. The van der Waals surface area contributed by atoms with Crippen molar-refractivity contribution in [3.8, 4) is 11.5 Å². The monoisotopic (exact) mass is 338 g/mol. The quantitative estimate of drug-likeness (QED) is 0.628. The zero-order valence-corrected chi connectivity index (χ0v) is 13.6. The Balaban J connectivity index is 2.48. The summed E-state index contributed by atoms with van der Waals surface area (Å²) in [6, 6.07) is 9.92. The van der Waals surface area contributed by atoms with Gasteiger partial charge in [0.15, 0.2) is 0 Å². The smallest absolute Gasteiger partial charge is 0.133 e. The maximum atomic E-state index is 6.20. The predicted octanol–water partition coefficient (Wildman–Crippen LogP) is 5.95. The van der Waals surface area contributed by atoms with E-state index in [9.17, 15) is 0 Å². The second-order valence-electron chi connectivity index (χ2n) is 4.61. The molecule has 2 aromatic rings. The average Bonchev–Trinajstić information content (AvgIpc) is 2.39. The molecule has 0 aliphatic heterocycles. The standard InChI is InChI=1S/C16H16BrClO/c1-10-7-8-11(2)16(12(10)3)19-15-6-4-5-14(18)13(15)9-17/h4-8H,9H2,1-3H3. The van der Waals surface area contributed by atoms with Crippen molar-refractivity contribution in [1.29, 1.82) is 0 Å². The number of hydrogen-bond acceptors (Lipinski definition) is 1. The molecule has 0 aliphatic rings. The van der Waals surface area contributed by atoms with Crippen molar-refractivity contribution in [2.75, 3.05) is 0 Å². The lowest BCUT2D eigenvalue weighted by molar-refractivity contribution is 0.470. The van der Waals surface area contributed by atoms with Crippen molar-refractivity contribution in [2.45, 2.75) is 26.1 Å². The van der Waals surface area contributed by atoms with Crippen molar-refractivity contribution in [1.82, 2.24) is 0 Å². The van der Waals surface area contributed by atoms with E-state index >= 15 is 0 Å². The summed E-state index contributed by atoms with van der Waals surface area (Å²) in [7, 11) is 0. The molecule has 1 nitrogen and oxygen atoms in total. The normalized spacial score (nSPS) is 10.6. The molecule has 0 aromatic heterocycles. The van der Waals surface area contributed by atoms with Crippen LogP contribution >= 0.6 is 27.5 Å². The number of halogens is 2. The van der Waals surface area contributed by atoms with E-state index in [1.807, 2.05) is 18.2 Å². The summed E-state index contributed by atoms with van der Waals surface area (Å²) in [6.45, 7) is 6.22. The first-order valence-corrected chi connectivity index (χ1v) is 7.62. The van der Waals surface area contributed by atoms with Crippen LogP contribution in [0.4, 0.5) is 0 Å². The fraction of sp³-hybridized carbons (Fsp3) is 0.250. The summed E-state index contributed by atoms with van der Waals surface area (Å²) in [5.41, 5.74) is 4.50. The van der Waals surface area contributed by atoms with E-state index in [1.165, 1.54) is 11.1 Å². The number of alkyl halides is 1. The largest absolute Gasteiger partial charge is 0.456 e. The molecule has 0 radical (unpaired) electrons. The lowest BCUT2D eigenvalue weighted by atomic mass is 10.1. The van der Waals surface area contributed by atoms with Gasteiger partial charge in [-0.3, -0.25) is 0 Å². The summed E-state index contributed by atoms with van der Waals surface area (Å²) in [6.07, 6.45) is 0. The third-order valence-electron chi connectivity index (χ3n) is 3.30. The Morgan fingerprint density at radius 2 is 1.74 bits per heavy atom. The van der Waals surface area contributed by atoms with Gasteiger partial charge in [-0.1, -0.05) is 45.7 Å². The van der Waals surface area contributed by atoms with Gasteiger partial charge in [-0.2, -0.15) is 0 Å². The predicted molar refractivity (Wildman–Crippen MR) is 84.8 cm³/mol. The molecule has 0 saturated carbocycles. The second kappa shape index (κ2) is 5.98.